The molecule has 114 valence electrons. The molecule has 0 unspecified atom stereocenters. The summed E-state index contributed by atoms with van der Waals surface area (Å²) in [5.41, 5.74) is 3.19. The average Bonchev–Trinajstić information content (AvgIpc) is 2.91. The zero-order valence-corrected chi connectivity index (χ0v) is 12.5. The number of aryl methyl sites for hydroxylation is 1. The topological polar surface area (TPSA) is 93.8 Å². The fourth-order valence-electron chi connectivity index (χ4n) is 1.59. The van der Waals surface area contributed by atoms with Crippen LogP contribution in [-0.4, -0.2) is 23.7 Å². The van der Waals surface area contributed by atoms with Crippen LogP contribution in [-0.2, 0) is 4.79 Å². The number of thiophene rings is 1. The summed E-state index contributed by atoms with van der Waals surface area (Å²) in [7, 11) is 0. The monoisotopic (exact) mass is 319 g/mol. The third-order valence-corrected chi connectivity index (χ3v) is 3.65. The number of hydrazone groups is 1. The van der Waals surface area contributed by atoms with E-state index < -0.39 is 10.8 Å². The Kier molecular flexibility index (Phi) is 5.21. The smallest absolute Gasteiger partial charge is 0.310 e. The molecule has 0 bridgehead atoms. The molecule has 7 nitrogen and oxygen atoms in total. The maximum atomic E-state index is 11.6. The number of hydrogen-bond donors (Lipinski definition) is 1. The maximum Gasteiger partial charge on any atom is 0.310 e. The minimum absolute atomic E-state index is 0.0423. The van der Waals surface area contributed by atoms with Gasteiger partial charge in [0.1, 0.15) is 0 Å². The Balaban J connectivity index is 1.87. The number of rotatable bonds is 6. The average molecular weight is 319 g/mol. The zero-order chi connectivity index (χ0) is 15.9. The van der Waals surface area contributed by atoms with E-state index in [0.717, 1.165) is 10.4 Å². The molecule has 0 spiro atoms. The summed E-state index contributed by atoms with van der Waals surface area (Å²) in [5.74, 6) is -0.454. The number of hydrogen-bond acceptors (Lipinski definition) is 6. The lowest BCUT2D eigenvalue weighted by Crippen LogP contribution is -2.24. The van der Waals surface area contributed by atoms with Crippen molar-refractivity contribution in [2.45, 2.75) is 6.92 Å². The molecule has 1 heterocycles. The van der Waals surface area contributed by atoms with E-state index in [-0.39, 0.29) is 18.0 Å². The Morgan fingerprint density at radius 2 is 2.23 bits per heavy atom. The molecule has 0 aliphatic carbocycles. The van der Waals surface area contributed by atoms with Gasteiger partial charge in [0.25, 0.3) is 5.91 Å². The molecular formula is C14H13N3O4S. The highest BCUT2D eigenvalue weighted by Gasteiger charge is 2.14. The molecule has 1 amide bonds. The number of carbonyl (C=O) groups is 1. The van der Waals surface area contributed by atoms with Crippen LogP contribution in [0.3, 0.4) is 0 Å². The van der Waals surface area contributed by atoms with Crippen LogP contribution in [0.1, 0.15) is 10.4 Å². The van der Waals surface area contributed by atoms with Gasteiger partial charge < -0.3 is 4.74 Å². The van der Waals surface area contributed by atoms with Crippen molar-refractivity contribution in [3.05, 3.63) is 56.3 Å². The second-order valence-corrected chi connectivity index (χ2v) is 5.22. The number of nitro benzene ring substituents is 1. The van der Waals surface area contributed by atoms with Crippen LogP contribution < -0.4 is 10.2 Å². The van der Waals surface area contributed by atoms with Crippen LogP contribution in [0.5, 0.6) is 5.75 Å². The lowest BCUT2D eigenvalue weighted by atomic mass is 10.3. The first-order chi connectivity index (χ1) is 10.6. The normalized spacial score (nSPS) is 10.6. The maximum absolute atomic E-state index is 11.6. The van der Waals surface area contributed by atoms with Gasteiger partial charge in [0.2, 0.25) is 0 Å². The summed E-state index contributed by atoms with van der Waals surface area (Å²) in [4.78, 5) is 22.8. The van der Waals surface area contributed by atoms with Crippen molar-refractivity contribution in [2.24, 2.45) is 5.10 Å². The van der Waals surface area contributed by atoms with Crippen LogP contribution in [0.4, 0.5) is 5.69 Å². The minimum Gasteiger partial charge on any atom is -0.477 e. The van der Waals surface area contributed by atoms with Gasteiger partial charge in [0.05, 0.1) is 11.1 Å². The zero-order valence-electron chi connectivity index (χ0n) is 11.7. The van der Waals surface area contributed by atoms with E-state index in [2.05, 4.69) is 10.5 Å². The van der Waals surface area contributed by atoms with Gasteiger partial charge in [-0.2, -0.15) is 5.10 Å². The van der Waals surface area contributed by atoms with Crippen LogP contribution in [0, 0.1) is 17.0 Å². The number of benzene rings is 1. The number of amides is 1. The summed E-state index contributed by atoms with van der Waals surface area (Å²) in [6.07, 6.45) is 1.54. The van der Waals surface area contributed by atoms with Crippen molar-refractivity contribution < 1.29 is 14.5 Å². The Labute approximate surface area is 130 Å². The molecule has 1 N–H and O–H groups in total. The highest BCUT2D eigenvalue weighted by molar-refractivity contribution is 7.11. The predicted molar refractivity (Wildman–Crippen MR) is 83.4 cm³/mol. The Morgan fingerprint density at radius 3 is 2.91 bits per heavy atom. The summed E-state index contributed by atoms with van der Waals surface area (Å²) >= 11 is 1.51. The van der Waals surface area contributed by atoms with Crippen LogP contribution in [0.25, 0.3) is 0 Å². The van der Waals surface area contributed by atoms with Crippen molar-refractivity contribution in [3.8, 4) is 5.75 Å². The van der Waals surface area contributed by atoms with Crippen molar-refractivity contribution in [3.63, 3.8) is 0 Å². The summed E-state index contributed by atoms with van der Waals surface area (Å²) in [6.45, 7) is 1.59. The van der Waals surface area contributed by atoms with Gasteiger partial charge in [-0.05, 0) is 30.0 Å². The molecule has 2 rings (SSSR count). The number of para-hydroxylation sites is 2. The SMILES string of the molecule is Cc1ccsc1C=NNC(=O)COc1ccccc1[N+](=O)[O-]. The number of nitro groups is 1. The number of nitrogens with zero attached hydrogens (tertiary/aromatic N) is 2. The van der Waals surface area contributed by atoms with Gasteiger partial charge in [0, 0.05) is 10.9 Å². The Morgan fingerprint density at radius 1 is 1.45 bits per heavy atom. The first kappa shape index (κ1) is 15.6. The predicted octanol–water partition coefficient (Wildman–Crippen LogP) is 2.49. The third kappa shape index (κ3) is 4.13. The van der Waals surface area contributed by atoms with E-state index in [0.29, 0.717) is 0 Å². The van der Waals surface area contributed by atoms with Gasteiger partial charge in [0.15, 0.2) is 12.4 Å². The van der Waals surface area contributed by atoms with Crippen molar-refractivity contribution >= 4 is 29.1 Å². The van der Waals surface area contributed by atoms with E-state index in [4.69, 9.17) is 4.74 Å². The highest BCUT2D eigenvalue weighted by Crippen LogP contribution is 2.25. The molecule has 1 aromatic carbocycles. The molecule has 0 atom stereocenters. The molecular weight excluding hydrogens is 306 g/mol. The molecule has 0 fully saturated rings. The molecule has 1 aromatic heterocycles. The molecule has 22 heavy (non-hydrogen) atoms. The largest absolute Gasteiger partial charge is 0.477 e. The van der Waals surface area contributed by atoms with E-state index in [1.54, 1.807) is 12.3 Å². The molecule has 0 saturated carbocycles. The molecule has 0 radical (unpaired) electrons. The first-order valence-electron chi connectivity index (χ1n) is 6.30. The molecule has 0 aliphatic rings. The van der Waals surface area contributed by atoms with Crippen molar-refractivity contribution in [1.82, 2.24) is 5.43 Å². The van der Waals surface area contributed by atoms with Crippen LogP contribution >= 0.6 is 11.3 Å². The van der Waals surface area contributed by atoms with Crippen LogP contribution in [0.15, 0.2) is 40.8 Å². The fourth-order valence-corrected chi connectivity index (χ4v) is 2.37. The van der Waals surface area contributed by atoms with Crippen molar-refractivity contribution in [2.75, 3.05) is 6.61 Å². The lowest BCUT2D eigenvalue weighted by Gasteiger charge is -2.05. The molecule has 2 aromatic rings. The number of ether oxygens (including phenoxy) is 1. The number of nitrogens with one attached hydrogen (secondary N) is 1. The van der Waals surface area contributed by atoms with Gasteiger partial charge in [-0.25, -0.2) is 5.43 Å². The van der Waals surface area contributed by atoms with E-state index in [1.165, 1.54) is 29.5 Å². The molecule has 8 heteroatoms. The summed E-state index contributed by atoms with van der Waals surface area (Å²) in [6, 6.07) is 7.82. The van der Waals surface area contributed by atoms with E-state index in [1.807, 2.05) is 18.4 Å². The van der Waals surface area contributed by atoms with E-state index in [9.17, 15) is 14.9 Å². The molecule has 0 aliphatic heterocycles. The highest BCUT2D eigenvalue weighted by atomic mass is 32.1. The first-order valence-corrected chi connectivity index (χ1v) is 7.18. The van der Waals surface area contributed by atoms with Gasteiger partial charge in [-0.3, -0.25) is 14.9 Å². The van der Waals surface area contributed by atoms with Crippen molar-refractivity contribution in [1.29, 1.82) is 0 Å². The quantitative estimate of drug-likeness (QED) is 0.503. The van der Waals surface area contributed by atoms with Gasteiger partial charge >= 0.3 is 5.69 Å². The fraction of sp³-hybridized carbons (Fsp3) is 0.143. The Bertz CT molecular complexity index is 712. The van der Waals surface area contributed by atoms with E-state index >= 15 is 0 Å². The summed E-state index contributed by atoms with van der Waals surface area (Å²) in [5, 5.41) is 16.5. The van der Waals surface area contributed by atoms with Gasteiger partial charge in [-0.1, -0.05) is 12.1 Å². The third-order valence-electron chi connectivity index (χ3n) is 2.69. The lowest BCUT2D eigenvalue weighted by molar-refractivity contribution is -0.385. The number of carbonyl (C=O) groups excluding carboxylic acids is 1. The minimum atomic E-state index is -0.565. The second-order valence-electron chi connectivity index (χ2n) is 4.27. The Hall–Kier alpha value is -2.74. The van der Waals surface area contributed by atoms with Gasteiger partial charge in [-0.15, -0.1) is 11.3 Å². The standard InChI is InChI=1S/C14H13N3O4S/c1-10-6-7-22-13(10)8-15-16-14(18)9-21-12-5-3-2-4-11(12)17(19)20/h2-8H,9H2,1H3,(H,16,18). The molecule has 0 saturated heterocycles. The summed E-state index contributed by atoms with van der Waals surface area (Å²) < 4.78 is 5.15. The van der Waals surface area contributed by atoms with Crippen LogP contribution in [0.2, 0.25) is 0 Å². The second kappa shape index (κ2) is 7.32.